The van der Waals surface area contributed by atoms with E-state index in [9.17, 15) is 9.59 Å². The number of fused-ring (bicyclic) bond motifs is 3. The van der Waals surface area contributed by atoms with Gasteiger partial charge in [-0.1, -0.05) is 31.5 Å². The van der Waals surface area contributed by atoms with Crippen LogP contribution in [0.25, 0.3) is 20.2 Å². The van der Waals surface area contributed by atoms with Gasteiger partial charge in [-0.05, 0) is 52.1 Å². The third-order valence-electron chi connectivity index (χ3n) is 6.45. The molecule has 6 nitrogen and oxygen atoms in total. The Kier molecular flexibility index (Phi) is 6.72. The molecule has 1 N–H and O–H groups in total. The maximum absolute atomic E-state index is 13.4. The second-order valence-corrected chi connectivity index (χ2v) is 9.64. The van der Waals surface area contributed by atoms with Gasteiger partial charge in [0, 0.05) is 29.2 Å². The van der Waals surface area contributed by atoms with Crippen molar-refractivity contribution in [2.45, 2.75) is 65.0 Å². The average Bonchev–Trinajstić information content (AvgIpc) is 3.17. The summed E-state index contributed by atoms with van der Waals surface area (Å²) in [4.78, 5) is 28.8. The zero-order valence-corrected chi connectivity index (χ0v) is 19.5. The monoisotopic (exact) mass is 440 g/mol. The maximum atomic E-state index is 13.4. The Balaban J connectivity index is 1.50. The van der Waals surface area contributed by atoms with Gasteiger partial charge in [0.2, 0.25) is 5.91 Å². The molecule has 4 rings (SSSR count). The van der Waals surface area contributed by atoms with Crippen LogP contribution in [0.3, 0.4) is 0 Å². The van der Waals surface area contributed by atoms with Gasteiger partial charge in [0.1, 0.15) is 6.04 Å². The number of hydrogen-bond donors (Lipinski definition) is 1. The minimum atomic E-state index is -0.594. The number of carbonyl (C=O) groups is 1. The first-order valence-electron chi connectivity index (χ1n) is 11.4. The lowest BCUT2D eigenvalue weighted by Gasteiger charge is -2.33. The second kappa shape index (κ2) is 9.49. The van der Waals surface area contributed by atoms with Crippen molar-refractivity contribution in [2.24, 2.45) is 0 Å². The average molecular weight is 441 g/mol. The van der Waals surface area contributed by atoms with Crippen LogP contribution in [0.4, 0.5) is 0 Å². The molecule has 1 aromatic carbocycles. The Labute approximate surface area is 187 Å². The molecule has 1 fully saturated rings. The van der Waals surface area contributed by atoms with E-state index in [-0.39, 0.29) is 11.5 Å². The molecule has 166 valence electrons. The number of aryl methyl sites for hydroxylation is 1. The Morgan fingerprint density at radius 2 is 2.13 bits per heavy atom. The molecule has 0 aliphatic carbocycles. The third-order valence-corrected chi connectivity index (χ3v) is 7.73. The van der Waals surface area contributed by atoms with Crippen LogP contribution >= 0.6 is 11.3 Å². The summed E-state index contributed by atoms with van der Waals surface area (Å²) in [6.45, 7) is 8.91. The highest BCUT2D eigenvalue weighted by atomic mass is 32.1. The lowest BCUT2D eigenvalue weighted by molar-refractivity contribution is -0.124. The molecule has 0 saturated carbocycles. The first-order valence-corrected chi connectivity index (χ1v) is 12.2. The number of carbonyl (C=O) groups excluding carboxylic acids is 1. The molecule has 3 heterocycles. The molecule has 1 aliphatic rings. The van der Waals surface area contributed by atoms with E-state index in [1.54, 1.807) is 11.3 Å². The number of benzene rings is 1. The zero-order chi connectivity index (χ0) is 22.0. The van der Waals surface area contributed by atoms with Gasteiger partial charge in [0.15, 0.2) is 0 Å². The van der Waals surface area contributed by atoms with Crippen molar-refractivity contribution in [1.82, 2.24) is 20.0 Å². The van der Waals surface area contributed by atoms with E-state index >= 15 is 0 Å². The lowest BCUT2D eigenvalue weighted by atomic mass is 10.0. The number of amides is 1. The van der Waals surface area contributed by atoms with Crippen LogP contribution in [-0.4, -0.2) is 46.3 Å². The molecule has 1 aliphatic heterocycles. The van der Waals surface area contributed by atoms with Crippen LogP contribution in [-0.2, 0) is 4.79 Å². The SMILES string of the molecule is CCC(C(=O)NCCCN1CCCCC1C)n1nc(C)c2sc3ccccc3c2c1=O. The van der Waals surface area contributed by atoms with E-state index < -0.39 is 6.04 Å². The van der Waals surface area contributed by atoms with Gasteiger partial charge in [-0.2, -0.15) is 5.10 Å². The van der Waals surface area contributed by atoms with Crippen LogP contribution in [0.2, 0.25) is 0 Å². The number of thiophene rings is 1. The summed E-state index contributed by atoms with van der Waals surface area (Å²) in [5.74, 6) is -0.123. The van der Waals surface area contributed by atoms with Gasteiger partial charge in [-0.25, -0.2) is 4.68 Å². The van der Waals surface area contributed by atoms with Crippen molar-refractivity contribution >= 4 is 37.4 Å². The summed E-state index contributed by atoms with van der Waals surface area (Å²) in [6.07, 6.45) is 5.29. The van der Waals surface area contributed by atoms with E-state index in [0.29, 0.717) is 24.4 Å². The molecule has 31 heavy (non-hydrogen) atoms. The van der Waals surface area contributed by atoms with Crippen molar-refractivity contribution < 1.29 is 4.79 Å². The molecule has 2 atom stereocenters. The highest BCUT2D eigenvalue weighted by Gasteiger charge is 2.24. The van der Waals surface area contributed by atoms with Gasteiger partial charge < -0.3 is 10.2 Å². The molecular formula is C24H32N4O2S. The van der Waals surface area contributed by atoms with Crippen molar-refractivity contribution in [1.29, 1.82) is 0 Å². The summed E-state index contributed by atoms with van der Waals surface area (Å²) in [5, 5.41) is 9.22. The normalized spacial score (nSPS) is 18.5. The third kappa shape index (κ3) is 4.39. The van der Waals surface area contributed by atoms with Gasteiger partial charge in [0.05, 0.1) is 15.8 Å². The predicted molar refractivity (Wildman–Crippen MR) is 128 cm³/mol. The summed E-state index contributed by atoms with van der Waals surface area (Å²) in [6, 6.07) is 7.96. The summed E-state index contributed by atoms with van der Waals surface area (Å²) < 4.78 is 3.38. The minimum Gasteiger partial charge on any atom is -0.354 e. The first kappa shape index (κ1) is 22.0. The topological polar surface area (TPSA) is 67.2 Å². The van der Waals surface area contributed by atoms with Gasteiger partial charge >= 0.3 is 0 Å². The van der Waals surface area contributed by atoms with Crippen LogP contribution in [0.15, 0.2) is 29.1 Å². The van der Waals surface area contributed by atoms with E-state index in [2.05, 4.69) is 22.2 Å². The fourth-order valence-corrected chi connectivity index (χ4v) is 5.80. The summed E-state index contributed by atoms with van der Waals surface area (Å²) in [7, 11) is 0. The molecule has 0 radical (unpaired) electrons. The number of nitrogens with zero attached hydrogens (tertiary/aromatic N) is 3. The van der Waals surface area contributed by atoms with Crippen LogP contribution in [0, 0.1) is 6.92 Å². The minimum absolute atomic E-state index is 0.123. The Hall–Kier alpha value is -2.25. The molecule has 0 spiro atoms. The highest BCUT2D eigenvalue weighted by molar-refractivity contribution is 7.26. The molecule has 3 aromatic rings. The second-order valence-electron chi connectivity index (χ2n) is 8.59. The largest absolute Gasteiger partial charge is 0.354 e. The van der Waals surface area contributed by atoms with Gasteiger partial charge in [0.25, 0.3) is 5.56 Å². The van der Waals surface area contributed by atoms with Crippen LogP contribution < -0.4 is 10.9 Å². The van der Waals surface area contributed by atoms with E-state index in [1.807, 2.05) is 38.1 Å². The van der Waals surface area contributed by atoms with E-state index in [1.165, 1.54) is 23.9 Å². The van der Waals surface area contributed by atoms with Gasteiger partial charge in [-0.3, -0.25) is 9.59 Å². The number of rotatable bonds is 7. The molecule has 1 amide bonds. The number of aromatic nitrogens is 2. The lowest BCUT2D eigenvalue weighted by Crippen LogP contribution is -2.41. The maximum Gasteiger partial charge on any atom is 0.276 e. The number of piperidine rings is 1. The molecular weight excluding hydrogens is 408 g/mol. The molecule has 0 bridgehead atoms. The number of likely N-dealkylation sites (tertiary alicyclic amines) is 1. The smallest absolute Gasteiger partial charge is 0.276 e. The Morgan fingerprint density at radius 3 is 2.90 bits per heavy atom. The van der Waals surface area contributed by atoms with Crippen molar-refractivity contribution in [3.63, 3.8) is 0 Å². The fraction of sp³-hybridized carbons (Fsp3) is 0.542. The van der Waals surface area contributed by atoms with Crippen LogP contribution in [0.1, 0.15) is 57.7 Å². The Morgan fingerprint density at radius 1 is 1.32 bits per heavy atom. The van der Waals surface area contributed by atoms with Gasteiger partial charge in [-0.15, -0.1) is 11.3 Å². The number of hydrogen-bond acceptors (Lipinski definition) is 5. The molecule has 1 saturated heterocycles. The zero-order valence-electron chi connectivity index (χ0n) is 18.7. The quantitative estimate of drug-likeness (QED) is 0.558. The summed E-state index contributed by atoms with van der Waals surface area (Å²) >= 11 is 1.59. The van der Waals surface area contributed by atoms with Crippen molar-refractivity contribution in [2.75, 3.05) is 19.6 Å². The summed E-state index contributed by atoms with van der Waals surface area (Å²) in [5.41, 5.74) is 0.614. The van der Waals surface area contributed by atoms with Crippen molar-refractivity contribution in [3.05, 3.63) is 40.3 Å². The van der Waals surface area contributed by atoms with Crippen molar-refractivity contribution in [3.8, 4) is 0 Å². The van der Waals surface area contributed by atoms with E-state index in [4.69, 9.17) is 0 Å². The number of nitrogens with one attached hydrogen (secondary N) is 1. The fourth-order valence-electron chi connectivity index (χ4n) is 4.66. The van der Waals surface area contributed by atoms with Crippen LogP contribution in [0.5, 0.6) is 0 Å². The standard InChI is InChI=1S/C24H32N4O2S/c1-4-19(23(29)25-13-9-15-27-14-8-7-10-16(27)2)28-24(30)21-18-11-5-6-12-20(18)31-22(21)17(3)26-28/h5-6,11-12,16,19H,4,7-10,13-15H2,1-3H3,(H,25,29). The van der Waals surface area contributed by atoms with E-state index in [0.717, 1.165) is 40.0 Å². The first-order chi connectivity index (χ1) is 15.0. The highest BCUT2D eigenvalue weighted by Crippen LogP contribution is 2.33. The molecule has 2 aromatic heterocycles. The molecule has 7 heteroatoms. The predicted octanol–water partition coefficient (Wildman–Crippen LogP) is 4.25. The Bertz CT molecular complexity index is 1140. The molecule has 2 unspecified atom stereocenters.